The molecule has 0 spiro atoms. The van der Waals surface area contributed by atoms with Crippen LogP contribution in [0.1, 0.15) is 31.7 Å². The van der Waals surface area contributed by atoms with Gasteiger partial charge in [0.2, 0.25) is 5.91 Å². The molecule has 2 heterocycles. The highest BCUT2D eigenvalue weighted by Gasteiger charge is 2.21. The molecular formula is C19H27N3O2. The average molecular weight is 329 g/mol. The lowest BCUT2D eigenvalue weighted by Crippen LogP contribution is -2.45. The third kappa shape index (κ3) is 3.73. The first kappa shape index (κ1) is 16.8. The van der Waals surface area contributed by atoms with E-state index >= 15 is 0 Å². The number of piperidine rings is 1. The van der Waals surface area contributed by atoms with Crippen molar-refractivity contribution in [3.05, 3.63) is 30.0 Å². The number of hydrogen-bond donors (Lipinski definition) is 2. The third-order valence-electron chi connectivity index (χ3n) is 4.95. The summed E-state index contributed by atoms with van der Waals surface area (Å²) in [6, 6.07) is 6.65. The Hall–Kier alpha value is -2.01. The standard InChI is InChI=1S/C19H27N3O2/c1-3-19(23)22-10-7-15(8-11-22)20-9-6-14-13-21-18-5-4-16(24-2)12-17(14)18/h4-5,12-13,15,20-21H,3,6-11H2,1-2H3. The van der Waals surface area contributed by atoms with Crippen LogP contribution in [0.15, 0.2) is 24.4 Å². The second-order valence-electron chi connectivity index (χ2n) is 6.44. The van der Waals surface area contributed by atoms with Crippen molar-refractivity contribution in [2.24, 2.45) is 0 Å². The lowest BCUT2D eigenvalue weighted by Gasteiger charge is -2.32. The van der Waals surface area contributed by atoms with Crippen LogP contribution in [0.4, 0.5) is 0 Å². The minimum absolute atomic E-state index is 0.279. The maximum absolute atomic E-state index is 11.7. The summed E-state index contributed by atoms with van der Waals surface area (Å²) in [5, 5.41) is 4.88. The van der Waals surface area contributed by atoms with E-state index in [1.807, 2.05) is 17.9 Å². The Morgan fingerprint density at radius 1 is 1.38 bits per heavy atom. The Balaban J connectivity index is 1.50. The molecule has 1 aromatic heterocycles. The van der Waals surface area contributed by atoms with E-state index in [4.69, 9.17) is 4.74 Å². The minimum Gasteiger partial charge on any atom is -0.497 e. The lowest BCUT2D eigenvalue weighted by molar-refractivity contribution is -0.131. The highest BCUT2D eigenvalue weighted by molar-refractivity contribution is 5.84. The van der Waals surface area contributed by atoms with Crippen LogP contribution in [-0.4, -0.2) is 48.6 Å². The number of ether oxygens (including phenoxy) is 1. The van der Waals surface area contributed by atoms with Crippen LogP contribution in [0.3, 0.4) is 0 Å². The number of H-pyrrole nitrogens is 1. The smallest absolute Gasteiger partial charge is 0.222 e. The number of nitrogens with zero attached hydrogens (tertiary/aromatic N) is 1. The van der Waals surface area contributed by atoms with E-state index < -0.39 is 0 Å². The van der Waals surface area contributed by atoms with Gasteiger partial charge in [0, 0.05) is 42.7 Å². The molecule has 5 nitrogen and oxygen atoms in total. The third-order valence-corrected chi connectivity index (χ3v) is 4.95. The Morgan fingerprint density at radius 2 is 2.17 bits per heavy atom. The van der Waals surface area contributed by atoms with Crippen molar-refractivity contribution < 1.29 is 9.53 Å². The largest absolute Gasteiger partial charge is 0.497 e. The van der Waals surface area contributed by atoms with Crippen molar-refractivity contribution in [1.82, 2.24) is 15.2 Å². The highest BCUT2D eigenvalue weighted by atomic mass is 16.5. The van der Waals surface area contributed by atoms with Crippen LogP contribution in [-0.2, 0) is 11.2 Å². The number of amides is 1. The molecule has 1 amide bonds. The summed E-state index contributed by atoms with van der Waals surface area (Å²) in [6.45, 7) is 4.66. The molecule has 1 saturated heterocycles. The van der Waals surface area contributed by atoms with Crippen LogP contribution >= 0.6 is 0 Å². The number of likely N-dealkylation sites (tertiary alicyclic amines) is 1. The van der Waals surface area contributed by atoms with Gasteiger partial charge in [0.15, 0.2) is 0 Å². The van der Waals surface area contributed by atoms with Crippen LogP contribution < -0.4 is 10.1 Å². The van der Waals surface area contributed by atoms with Gasteiger partial charge in [-0.05, 0) is 49.6 Å². The fraction of sp³-hybridized carbons (Fsp3) is 0.526. The van der Waals surface area contributed by atoms with Gasteiger partial charge in [-0.15, -0.1) is 0 Å². The minimum atomic E-state index is 0.279. The van der Waals surface area contributed by atoms with Gasteiger partial charge in [-0.1, -0.05) is 6.92 Å². The molecule has 0 aliphatic carbocycles. The fourth-order valence-electron chi connectivity index (χ4n) is 3.46. The molecule has 0 saturated carbocycles. The zero-order valence-electron chi connectivity index (χ0n) is 14.6. The summed E-state index contributed by atoms with van der Waals surface area (Å²) in [5.74, 6) is 1.17. The summed E-state index contributed by atoms with van der Waals surface area (Å²) in [6.07, 6.45) is 5.79. The normalized spacial score (nSPS) is 15.8. The van der Waals surface area contributed by atoms with E-state index in [2.05, 4.69) is 28.6 Å². The van der Waals surface area contributed by atoms with E-state index in [1.54, 1.807) is 7.11 Å². The van der Waals surface area contributed by atoms with Crippen molar-refractivity contribution in [1.29, 1.82) is 0 Å². The van der Waals surface area contributed by atoms with Gasteiger partial charge in [-0.2, -0.15) is 0 Å². The van der Waals surface area contributed by atoms with E-state index in [-0.39, 0.29) is 5.91 Å². The summed E-state index contributed by atoms with van der Waals surface area (Å²) >= 11 is 0. The predicted octanol–water partition coefficient (Wildman–Crippen LogP) is 2.71. The number of methoxy groups -OCH3 is 1. The summed E-state index contributed by atoms with van der Waals surface area (Å²) in [7, 11) is 1.70. The number of benzene rings is 1. The number of aromatic nitrogens is 1. The number of carbonyl (C=O) groups excluding carboxylic acids is 1. The number of nitrogens with one attached hydrogen (secondary N) is 2. The van der Waals surface area contributed by atoms with E-state index in [0.717, 1.165) is 50.2 Å². The summed E-state index contributed by atoms with van der Waals surface area (Å²) in [5.41, 5.74) is 2.46. The molecule has 1 aliphatic rings. The van der Waals surface area contributed by atoms with Gasteiger partial charge in [0.1, 0.15) is 5.75 Å². The van der Waals surface area contributed by atoms with E-state index in [0.29, 0.717) is 12.5 Å². The maximum atomic E-state index is 11.7. The first-order valence-electron chi connectivity index (χ1n) is 8.86. The number of fused-ring (bicyclic) bond motifs is 1. The van der Waals surface area contributed by atoms with Crippen LogP contribution in [0, 0.1) is 0 Å². The molecule has 0 radical (unpaired) electrons. The Kier molecular flexibility index (Phi) is 5.41. The van der Waals surface area contributed by atoms with E-state index in [9.17, 15) is 4.79 Å². The topological polar surface area (TPSA) is 57.4 Å². The molecule has 0 bridgehead atoms. The van der Waals surface area contributed by atoms with Crippen molar-refractivity contribution in [3.8, 4) is 5.75 Å². The number of hydrogen-bond acceptors (Lipinski definition) is 3. The van der Waals surface area contributed by atoms with Gasteiger partial charge in [-0.3, -0.25) is 4.79 Å². The molecule has 1 aliphatic heterocycles. The maximum Gasteiger partial charge on any atom is 0.222 e. The van der Waals surface area contributed by atoms with Crippen molar-refractivity contribution >= 4 is 16.8 Å². The molecule has 1 fully saturated rings. The molecule has 0 atom stereocenters. The second kappa shape index (κ2) is 7.71. The Labute approximate surface area is 143 Å². The molecule has 24 heavy (non-hydrogen) atoms. The van der Waals surface area contributed by atoms with Crippen LogP contribution in [0.5, 0.6) is 5.75 Å². The fourth-order valence-corrected chi connectivity index (χ4v) is 3.46. The SMILES string of the molecule is CCC(=O)N1CCC(NCCc2c[nH]c3ccc(OC)cc23)CC1. The van der Waals surface area contributed by atoms with Gasteiger partial charge in [0.25, 0.3) is 0 Å². The predicted molar refractivity (Wildman–Crippen MR) is 96.5 cm³/mol. The number of rotatable bonds is 6. The molecule has 2 N–H and O–H groups in total. The highest BCUT2D eigenvalue weighted by Crippen LogP contribution is 2.23. The van der Waals surface area contributed by atoms with Gasteiger partial charge >= 0.3 is 0 Å². The Bertz CT molecular complexity index is 687. The number of carbonyl (C=O) groups is 1. The van der Waals surface area contributed by atoms with Crippen LogP contribution in [0.2, 0.25) is 0 Å². The van der Waals surface area contributed by atoms with E-state index in [1.165, 1.54) is 10.9 Å². The van der Waals surface area contributed by atoms with Gasteiger partial charge in [-0.25, -0.2) is 0 Å². The van der Waals surface area contributed by atoms with Crippen molar-refractivity contribution in [2.45, 2.75) is 38.6 Å². The molecular weight excluding hydrogens is 302 g/mol. The molecule has 2 aromatic rings. The van der Waals surface area contributed by atoms with Gasteiger partial charge < -0.3 is 19.9 Å². The quantitative estimate of drug-likeness (QED) is 0.857. The van der Waals surface area contributed by atoms with Crippen molar-refractivity contribution in [2.75, 3.05) is 26.7 Å². The molecule has 3 rings (SSSR count). The van der Waals surface area contributed by atoms with Crippen LogP contribution in [0.25, 0.3) is 10.9 Å². The first-order valence-corrected chi connectivity index (χ1v) is 8.86. The van der Waals surface area contributed by atoms with Gasteiger partial charge in [0.05, 0.1) is 7.11 Å². The Morgan fingerprint density at radius 3 is 2.88 bits per heavy atom. The summed E-state index contributed by atoms with van der Waals surface area (Å²) in [4.78, 5) is 17.0. The zero-order valence-corrected chi connectivity index (χ0v) is 14.6. The van der Waals surface area contributed by atoms with Crippen molar-refractivity contribution in [3.63, 3.8) is 0 Å². The summed E-state index contributed by atoms with van der Waals surface area (Å²) < 4.78 is 5.32. The molecule has 5 heteroatoms. The zero-order chi connectivity index (χ0) is 16.9. The monoisotopic (exact) mass is 329 g/mol. The number of aromatic amines is 1. The lowest BCUT2D eigenvalue weighted by atomic mass is 10.0. The molecule has 0 unspecified atom stereocenters. The second-order valence-corrected chi connectivity index (χ2v) is 6.44. The first-order chi connectivity index (χ1) is 11.7. The molecule has 1 aromatic carbocycles. The average Bonchev–Trinajstić information content (AvgIpc) is 3.04. The molecule has 130 valence electrons.